The van der Waals surface area contributed by atoms with Gasteiger partial charge in [-0.05, 0) is 30.3 Å². The average Bonchev–Trinajstić information content (AvgIpc) is 2.37. The Kier molecular flexibility index (Phi) is 3.49. The lowest BCUT2D eigenvalue weighted by Crippen LogP contribution is -2.23. The molecule has 0 radical (unpaired) electrons. The summed E-state index contributed by atoms with van der Waals surface area (Å²) in [6.45, 7) is 2.12. The van der Waals surface area contributed by atoms with Gasteiger partial charge in [-0.3, -0.25) is 0 Å². The molecule has 1 heterocycles. The zero-order chi connectivity index (χ0) is 13.2. The normalized spacial score (nSPS) is 11.7. The molecule has 0 bridgehead atoms. The van der Waals surface area contributed by atoms with Crippen LogP contribution in [0.5, 0.6) is 0 Å². The molecule has 0 amide bonds. The molecule has 0 fully saturated rings. The molecule has 0 saturated carbocycles. The van der Waals surface area contributed by atoms with Gasteiger partial charge in [0.15, 0.2) is 0 Å². The van der Waals surface area contributed by atoms with E-state index in [0.717, 1.165) is 16.7 Å². The van der Waals surface area contributed by atoms with E-state index in [2.05, 4.69) is 15.0 Å². The van der Waals surface area contributed by atoms with Crippen molar-refractivity contribution in [1.82, 2.24) is 9.71 Å². The van der Waals surface area contributed by atoms with Crippen molar-refractivity contribution in [3.8, 4) is 0 Å². The van der Waals surface area contributed by atoms with E-state index in [9.17, 15) is 8.42 Å². The van der Waals surface area contributed by atoms with Gasteiger partial charge in [-0.15, -0.1) is 0 Å². The van der Waals surface area contributed by atoms with Crippen molar-refractivity contribution in [3.05, 3.63) is 30.3 Å². The number of benzene rings is 1. The van der Waals surface area contributed by atoms with Crippen LogP contribution in [-0.2, 0) is 10.0 Å². The van der Waals surface area contributed by atoms with E-state index in [0.29, 0.717) is 6.54 Å². The first-order valence-electron chi connectivity index (χ1n) is 5.65. The molecular weight excluding hydrogens is 250 g/mol. The third-order valence-electron chi connectivity index (χ3n) is 2.56. The van der Waals surface area contributed by atoms with Gasteiger partial charge in [-0.1, -0.05) is 6.92 Å². The number of rotatable bonds is 4. The maximum Gasteiger partial charge on any atom is 0.240 e. The van der Waals surface area contributed by atoms with E-state index in [4.69, 9.17) is 0 Å². The highest BCUT2D eigenvalue weighted by atomic mass is 32.2. The number of nitrogens with zero attached hydrogens (tertiary/aromatic N) is 1. The summed E-state index contributed by atoms with van der Waals surface area (Å²) in [5, 5.41) is 3.74. The van der Waals surface area contributed by atoms with Crippen molar-refractivity contribution in [2.45, 2.75) is 11.8 Å². The predicted molar refractivity (Wildman–Crippen MR) is 72.2 cm³/mol. The van der Waals surface area contributed by atoms with Gasteiger partial charge in [0.2, 0.25) is 10.0 Å². The fraction of sp³-hybridized carbons (Fsp3) is 0.250. The Balaban J connectivity index is 2.52. The molecule has 6 heteroatoms. The molecule has 5 nitrogen and oxygen atoms in total. The lowest BCUT2D eigenvalue weighted by atomic mass is 10.2. The highest BCUT2D eigenvalue weighted by Gasteiger charge is 2.12. The molecule has 0 aliphatic carbocycles. The maximum absolute atomic E-state index is 11.9. The largest absolute Gasteiger partial charge is 0.373 e. The van der Waals surface area contributed by atoms with E-state index in [1.807, 2.05) is 12.1 Å². The van der Waals surface area contributed by atoms with Gasteiger partial charge < -0.3 is 5.32 Å². The van der Waals surface area contributed by atoms with E-state index < -0.39 is 10.0 Å². The van der Waals surface area contributed by atoms with E-state index in [1.54, 1.807) is 32.2 Å². The second-order valence-corrected chi connectivity index (χ2v) is 5.57. The third-order valence-corrected chi connectivity index (χ3v) is 4.10. The predicted octanol–water partition coefficient (Wildman–Crippen LogP) is 1.57. The Morgan fingerprint density at radius 3 is 2.67 bits per heavy atom. The van der Waals surface area contributed by atoms with Gasteiger partial charge >= 0.3 is 0 Å². The second-order valence-electron chi connectivity index (χ2n) is 3.80. The van der Waals surface area contributed by atoms with Crippen LogP contribution >= 0.6 is 0 Å². The topological polar surface area (TPSA) is 71.1 Å². The first-order valence-corrected chi connectivity index (χ1v) is 7.13. The minimum atomic E-state index is -3.41. The monoisotopic (exact) mass is 265 g/mol. The van der Waals surface area contributed by atoms with Crippen LogP contribution in [0.15, 0.2) is 35.2 Å². The van der Waals surface area contributed by atoms with Gasteiger partial charge in [0.1, 0.15) is 5.82 Å². The van der Waals surface area contributed by atoms with Crippen LogP contribution in [0.2, 0.25) is 0 Å². The first-order chi connectivity index (χ1) is 8.56. The summed E-state index contributed by atoms with van der Waals surface area (Å²) in [7, 11) is -1.62. The lowest BCUT2D eigenvalue weighted by Gasteiger charge is -2.06. The van der Waals surface area contributed by atoms with E-state index >= 15 is 0 Å². The highest BCUT2D eigenvalue weighted by molar-refractivity contribution is 7.89. The fourth-order valence-electron chi connectivity index (χ4n) is 1.68. The smallest absolute Gasteiger partial charge is 0.240 e. The summed E-state index contributed by atoms with van der Waals surface area (Å²) in [5.41, 5.74) is 0.761. The first kappa shape index (κ1) is 12.8. The number of aromatic nitrogens is 1. The fourth-order valence-corrected chi connectivity index (χ4v) is 2.76. The average molecular weight is 265 g/mol. The third kappa shape index (κ3) is 2.44. The van der Waals surface area contributed by atoms with Gasteiger partial charge in [-0.25, -0.2) is 18.1 Å². The van der Waals surface area contributed by atoms with Crippen LogP contribution in [0, 0.1) is 0 Å². The van der Waals surface area contributed by atoms with Crippen molar-refractivity contribution in [3.63, 3.8) is 0 Å². The molecule has 1 aromatic carbocycles. The molecule has 0 unspecified atom stereocenters. The molecule has 1 aromatic heterocycles. The molecule has 18 heavy (non-hydrogen) atoms. The molecule has 2 aromatic rings. The van der Waals surface area contributed by atoms with Crippen LogP contribution in [0.1, 0.15) is 6.92 Å². The number of anilines is 1. The number of nitrogens with one attached hydrogen (secondary N) is 2. The number of fused-ring (bicyclic) bond motifs is 1. The molecule has 0 spiro atoms. The molecule has 0 aliphatic heterocycles. The van der Waals surface area contributed by atoms with Gasteiger partial charge in [-0.2, -0.15) is 0 Å². The summed E-state index contributed by atoms with van der Waals surface area (Å²) in [6, 6.07) is 8.55. The lowest BCUT2D eigenvalue weighted by molar-refractivity contribution is 0.584. The van der Waals surface area contributed by atoms with Gasteiger partial charge in [0.25, 0.3) is 0 Å². The van der Waals surface area contributed by atoms with Crippen LogP contribution in [0.25, 0.3) is 10.9 Å². The summed E-state index contributed by atoms with van der Waals surface area (Å²) in [5.74, 6) is 0.754. The SMILES string of the molecule is CCNS(=O)(=O)c1ccc2nc(NC)ccc2c1. The van der Waals surface area contributed by atoms with Crippen molar-refractivity contribution >= 4 is 26.7 Å². The molecule has 2 N–H and O–H groups in total. The van der Waals surface area contributed by atoms with Crippen molar-refractivity contribution in [2.24, 2.45) is 0 Å². The van der Waals surface area contributed by atoms with Crippen molar-refractivity contribution in [2.75, 3.05) is 18.9 Å². The Morgan fingerprint density at radius 1 is 1.22 bits per heavy atom. The molecule has 96 valence electrons. The second kappa shape index (κ2) is 4.91. The quantitative estimate of drug-likeness (QED) is 0.880. The highest BCUT2D eigenvalue weighted by Crippen LogP contribution is 2.19. The zero-order valence-electron chi connectivity index (χ0n) is 10.3. The standard InChI is InChI=1S/C12H15N3O2S/c1-3-14-18(16,17)10-5-6-11-9(8-10)4-7-12(13-2)15-11/h4-8,14H,3H2,1-2H3,(H,13,15). The minimum absolute atomic E-state index is 0.260. The summed E-state index contributed by atoms with van der Waals surface area (Å²) in [4.78, 5) is 4.60. The number of pyridine rings is 1. The van der Waals surface area contributed by atoms with Crippen LogP contribution in [0.3, 0.4) is 0 Å². The molecule has 0 saturated heterocycles. The minimum Gasteiger partial charge on any atom is -0.373 e. The summed E-state index contributed by atoms with van der Waals surface area (Å²) < 4.78 is 26.2. The molecule has 0 aliphatic rings. The van der Waals surface area contributed by atoms with E-state index in [1.165, 1.54) is 0 Å². The maximum atomic E-state index is 11.9. The Hall–Kier alpha value is -1.66. The molecular formula is C12H15N3O2S. The summed E-state index contributed by atoms with van der Waals surface area (Å²) in [6.07, 6.45) is 0. The number of hydrogen-bond donors (Lipinski definition) is 2. The van der Waals surface area contributed by atoms with Crippen LogP contribution in [0.4, 0.5) is 5.82 Å². The van der Waals surface area contributed by atoms with Gasteiger partial charge in [0.05, 0.1) is 10.4 Å². The van der Waals surface area contributed by atoms with Crippen LogP contribution in [-0.4, -0.2) is 27.0 Å². The zero-order valence-corrected chi connectivity index (χ0v) is 11.1. The van der Waals surface area contributed by atoms with Crippen LogP contribution < -0.4 is 10.0 Å². The van der Waals surface area contributed by atoms with Crippen molar-refractivity contribution < 1.29 is 8.42 Å². The molecule has 0 atom stereocenters. The Labute approximate surface area is 106 Å². The van der Waals surface area contributed by atoms with Crippen molar-refractivity contribution in [1.29, 1.82) is 0 Å². The number of hydrogen-bond acceptors (Lipinski definition) is 4. The molecule has 2 rings (SSSR count). The van der Waals surface area contributed by atoms with E-state index in [-0.39, 0.29) is 4.90 Å². The Morgan fingerprint density at radius 2 is 2.00 bits per heavy atom. The van der Waals surface area contributed by atoms with Gasteiger partial charge in [0, 0.05) is 19.0 Å². The number of sulfonamides is 1. The Bertz CT molecular complexity index is 668. The summed E-state index contributed by atoms with van der Waals surface area (Å²) >= 11 is 0.